The predicted molar refractivity (Wildman–Crippen MR) is 65.8 cm³/mol. The van der Waals surface area contributed by atoms with Crippen LogP contribution >= 0.6 is 38.9 Å². The molecule has 0 spiro atoms. The fourth-order valence-corrected chi connectivity index (χ4v) is 2.21. The van der Waals surface area contributed by atoms with E-state index < -0.39 is 4.92 Å². The first kappa shape index (κ1) is 12.2. The van der Waals surface area contributed by atoms with E-state index >= 15 is 0 Å². The maximum absolute atomic E-state index is 10.5. The van der Waals surface area contributed by atoms with Crippen LogP contribution in [0.5, 0.6) is 10.9 Å². The van der Waals surface area contributed by atoms with Gasteiger partial charge in [-0.25, -0.2) is 0 Å². The average molecular weight is 337 g/mol. The second-order valence-corrected chi connectivity index (χ2v) is 5.42. The maximum Gasteiger partial charge on any atom is 0.300 e. The highest BCUT2D eigenvalue weighted by Gasteiger charge is 2.13. The van der Waals surface area contributed by atoms with Crippen LogP contribution in [0.25, 0.3) is 0 Å². The predicted octanol–water partition coefficient (Wildman–Crippen LogP) is 3.65. The van der Waals surface area contributed by atoms with Gasteiger partial charge in [-0.05, 0) is 33.3 Å². The molecule has 0 aliphatic carbocycles. The third-order valence-corrected chi connectivity index (χ3v) is 3.24. The topological polar surface area (TPSA) is 78.2 Å². The van der Waals surface area contributed by atoms with Crippen LogP contribution in [0.1, 0.15) is 0 Å². The molecule has 17 heavy (non-hydrogen) atoms. The number of halogens is 2. The molecule has 0 saturated carbocycles. The summed E-state index contributed by atoms with van der Waals surface area (Å²) in [6.45, 7) is 0. The van der Waals surface area contributed by atoms with E-state index in [0.717, 1.165) is 0 Å². The molecule has 88 valence electrons. The Balaban J connectivity index is 2.23. The molecule has 1 aromatic heterocycles. The summed E-state index contributed by atoms with van der Waals surface area (Å²) in [5.41, 5.74) is -0.169. The number of nitro groups is 1. The molecule has 2 aromatic rings. The van der Waals surface area contributed by atoms with Crippen molar-refractivity contribution in [3.63, 3.8) is 0 Å². The van der Waals surface area contributed by atoms with Gasteiger partial charge in [0.05, 0.1) is 4.92 Å². The fourth-order valence-electron chi connectivity index (χ4n) is 1.03. The molecule has 9 heteroatoms. The van der Waals surface area contributed by atoms with Crippen LogP contribution < -0.4 is 4.74 Å². The van der Waals surface area contributed by atoms with Crippen molar-refractivity contribution in [2.75, 3.05) is 0 Å². The van der Waals surface area contributed by atoms with E-state index in [-0.39, 0.29) is 10.7 Å². The van der Waals surface area contributed by atoms with Gasteiger partial charge in [0.1, 0.15) is 10.8 Å². The minimum absolute atomic E-state index is 0.0103. The van der Waals surface area contributed by atoms with Gasteiger partial charge in [0.25, 0.3) is 10.9 Å². The summed E-state index contributed by atoms with van der Waals surface area (Å²) in [5.74, 6) is 0.365. The Morgan fingerprint density at radius 1 is 1.47 bits per heavy atom. The van der Waals surface area contributed by atoms with Crippen LogP contribution in [0.2, 0.25) is 5.02 Å². The van der Waals surface area contributed by atoms with Crippen LogP contribution in [0.15, 0.2) is 22.1 Å². The van der Waals surface area contributed by atoms with Gasteiger partial charge in [0.2, 0.25) is 0 Å². The molecular weight excluding hydrogens is 334 g/mol. The molecule has 0 unspecified atom stereocenters. The Morgan fingerprint density at radius 2 is 2.24 bits per heavy atom. The summed E-state index contributed by atoms with van der Waals surface area (Å²) >= 11 is 10.1. The molecule has 1 aromatic carbocycles. The number of aromatic nitrogens is 2. The molecule has 0 saturated heterocycles. The molecule has 0 atom stereocenters. The van der Waals surface area contributed by atoms with Crippen LogP contribution in [0.4, 0.5) is 5.69 Å². The summed E-state index contributed by atoms with van der Waals surface area (Å²) in [5, 5.41) is 18.3. The first-order chi connectivity index (χ1) is 8.06. The molecule has 0 bridgehead atoms. The first-order valence-electron chi connectivity index (χ1n) is 4.17. The van der Waals surface area contributed by atoms with Crippen LogP contribution in [0.3, 0.4) is 0 Å². The van der Waals surface area contributed by atoms with Crippen molar-refractivity contribution in [1.29, 1.82) is 0 Å². The maximum atomic E-state index is 10.5. The zero-order valence-corrected chi connectivity index (χ0v) is 11.1. The SMILES string of the molecule is O=[N+]([O-])c1ccc(Oc2nnc(Br)s2)cc1Cl. The lowest BCUT2D eigenvalue weighted by Gasteiger charge is -2.01. The number of nitrogens with zero attached hydrogens (tertiary/aromatic N) is 3. The van der Waals surface area contributed by atoms with E-state index in [9.17, 15) is 10.1 Å². The van der Waals surface area contributed by atoms with Crippen molar-refractivity contribution in [3.8, 4) is 10.9 Å². The van der Waals surface area contributed by atoms with Crippen LogP contribution in [0, 0.1) is 10.1 Å². The summed E-state index contributed by atoms with van der Waals surface area (Å²) < 4.78 is 5.91. The highest BCUT2D eigenvalue weighted by Crippen LogP contribution is 2.32. The average Bonchev–Trinajstić information content (AvgIpc) is 2.63. The lowest BCUT2D eigenvalue weighted by Crippen LogP contribution is -1.90. The Bertz CT molecular complexity index is 577. The van der Waals surface area contributed by atoms with Gasteiger partial charge in [-0.15, -0.1) is 5.10 Å². The van der Waals surface area contributed by atoms with Gasteiger partial charge >= 0.3 is 0 Å². The largest absolute Gasteiger partial charge is 0.430 e. The zero-order chi connectivity index (χ0) is 12.4. The highest BCUT2D eigenvalue weighted by molar-refractivity contribution is 9.11. The molecule has 0 radical (unpaired) electrons. The Hall–Kier alpha value is -1.25. The quantitative estimate of drug-likeness (QED) is 0.631. The number of benzene rings is 1. The van der Waals surface area contributed by atoms with E-state index in [1.165, 1.54) is 29.5 Å². The van der Waals surface area contributed by atoms with Gasteiger partial charge in [-0.1, -0.05) is 16.7 Å². The molecule has 0 aliphatic rings. The molecule has 0 N–H and O–H groups in total. The third kappa shape index (κ3) is 2.90. The van der Waals surface area contributed by atoms with Gasteiger partial charge in [0.15, 0.2) is 3.92 Å². The molecule has 1 heterocycles. The van der Waals surface area contributed by atoms with Crippen molar-refractivity contribution in [2.45, 2.75) is 0 Å². The minimum Gasteiger partial charge on any atom is -0.430 e. The molecule has 0 aliphatic heterocycles. The standard InChI is InChI=1S/C8H3BrClN3O3S/c9-7-11-12-8(17-7)16-4-1-2-6(13(14)15)5(10)3-4/h1-3H. The van der Waals surface area contributed by atoms with Crippen molar-refractivity contribution in [2.24, 2.45) is 0 Å². The normalized spacial score (nSPS) is 10.2. The fraction of sp³-hybridized carbons (Fsp3) is 0. The third-order valence-electron chi connectivity index (χ3n) is 1.70. The van der Waals surface area contributed by atoms with E-state index in [0.29, 0.717) is 14.9 Å². The zero-order valence-electron chi connectivity index (χ0n) is 7.96. The van der Waals surface area contributed by atoms with Crippen molar-refractivity contribution >= 4 is 44.6 Å². The Morgan fingerprint density at radius 3 is 2.76 bits per heavy atom. The van der Waals surface area contributed by atoms with E-state index in [1.807, 2.05) is 0 Å². The van der Waals surface area contributed by atoms with E-state index in [4.69, 9.17) is 16.3 Å². The van der Waals surface area contributed by atoms with Crippen molar-refractivity contribution in [1.82, 2.24) is 10.2 Å². The summed E-state index contributed by atoms with van der Waals surface area (Å²) in [6.07, 6.45) is 0. The molecule has 2 rings (SSSR count). The Labute approximate surface area is 112 Å². The van der Waals surface area contributed by atoms with Gasteiger partial charge in [0, 0.05) is 12.1 Å². The molecular formula is C8H3BrClN3O3S. The number of rotatable bonds is 3. The van der Waals surface area contributed by atoms with Crippen LogP contribution in [-0.4, -0.2) is 15.1 Å². The minimum atomic E-state index is -0.562. The summed E-state index contributed by atoms with van der Waals surface area (Å²) in [4.78, 5) is 9.99. The number of nitro benzene ring substituents is 1. The second kappa shape index (κ2) is 4.94. The van der Waals surface area contributed by atoms with E-state index in [2.05, 4.69) is 26.1 Å². The van der Waals surface area contributed by atoms with Crippen LogP contribution in [-0.2, 0) is 0 Å². The first-order valence-corrected chi connectivity index (χ1v) is 6.16. The van der Waals surface area contributed by atoms with Crippen molar-refractivity contribution < 1.29 is 9.66 Å². The van der Waals surface area contributed by atoms with E-state index in [1.54, 1.807) is 0 Å². The second-order valence-electron chi connectivity index (χ2n) is 2.79. The molecule has 0 fully saturated rings. The van der Waals surface area contributed by atoms with Gasteiger partial charge in [-0.3, -0.25) is 10.1 Å². The monoisotopic (exact) mass is 335 g/mol. The number of ether oxygens (including phenoxy) is 1. The smallest absolute Gasteiger partial charge is 0.300 e. The summed E-state index contributed by atoms with van der Waals surface area (Å²) in [7, 11) is 0. The number of hydrogen-bond acceptors (Lipinski definition) is 6. The van der Waals surface area contributed by atoms with Gasteiger partial charge in [-0.2, -0.15) is 0 Å². The number of hydrogen-bond donors (Lipinski definition) is 0. The molecule has 0 amide bonds. The van der Waals surface area contributed by atoms with Crippen molar-refractivity contribution in [3.05, 3.63) is 37.3 Å². The molecule has 6 nitrogen and oxygen atoms in total. The Kier molecular flexibility index (Phi) is 3.55. The lowest BCUT2D eigenvalue weighted by molar-refractivity contribution is -0.384. The lowest BCUT2D eigenvalue weighted by atomic mass is 10.3. The summed E-state index contributed by atoms with van der Waals surface area (Å²) in [6, 6.07) is 4.07. The van der Waals surface area contributed by atoms with Gasteiger partial charge < -0.3 is 4.74 Å². The highest BCUT2D eigenvalue weighted by atomic mass is 79.9.